The summed E-state index contributed by atoms with van der Waals surface area (Å²) in [7, 11) is 2.01. The van der Waals surface area contributed by atoms with Crippen molar-refractivity contribution in [3.63, 3.8) is 0 Å². The van der Waals surface area contributed by atoms with E-state index in [1.54, 1.807) is 6.07 Å². The maximum Gasteiger partial charge on any atom is 0.115 e. The van der Waals surface area contributed by atoms with Crippen molar-refractivity contribution in [1.82, 2.24) is 10.2 Å². The molecule has 1 aromatic carbocycles. The highest BCUT2D eigenvalue weighted by molar-refractivity contribution is 5.30. The number of phenolic OH excluding ortho intramolecular Hbond substituents is 1. The molecular formula is C16H26N2O. The van der Waals surface area contributed by atoms with E-state index in [9.17, 15) is 5.11 Å². The molecule has 1 heterocycles. The highest BCUT2D eigenvalue weighted by atomic mass is 16.3. The first-order valence-corrected chi connectivity index (χ1v) is 7.31. The molecule has 19 heavy (non-hydrogen) atoms. The van der Waals surface area contributed by atoms with E-state index >= 15 is 0 Å². The molecule has 1 saturated heterocycles. The van der Waals surface area contributed by atoms with Gasteiger partial charge in [-0.15, -0.1) is 0 Å². The average Bonchev–Trinajstić information content (AvgIpc) is 2.40. The smallest absolute Gasteiger partial charge is 0.115 e. The molecule has 1 fully saturated rings. The third-order valence-corrected chi connectivity index (χ3v) is 4.65. The summed E-state index contributed by atoms with van der Waals surface area (Å²) in [5.41, 5.74) is 1.28. The van der Waals surface area contributed by atoms with E-state index in [2.05, 4.69) is 30.1 Å². The fourth-order valence-corrected chi connectivity index (χ4v) is 3.24. The standard InChI is InChI=1S/C16H26N2O/c1-12-13(2)18(10-8-17-3)9-7-16(12)14-5-4-6-15(19)11-14/h4-6,11-13,16-17,19H,7-10H2,1-3H3/t12-,13?,16+/m0/s1. The second kappa shape index (κ2) is 6.40. The van der Waals surface area contributed by atoms with Gasteiger partial charge in [-0.25, -0.2) is 0 Å². The molecule has 0 aromatic heterocycles. The Hall–Kier alpha value is -1.06. The van der Waals surface area contributed by atoms with Crippen molar-refractivity contribution in [2.75, 3.05) is 26.7 Å². The van der Waals surface area contributed by atoms with Crippen LogP contribution in [0.2, 0.25) is 0 Å². The Morgan fingerprint density at radius 2 is 2.16 bits per heavy atom. The molecule has 1 aliphatic rings. The van der Waals surface area contributed by atoms with E-state index in [-0.39, 0.29) is 0 Å². The maximum absolute atomic E-state index is 9.65. The van der Waals surface area contributed by atoms with Crippen LogP contribution in [0, 0.1) is 5.92 Å². The minimum Gasteiger partial charge on any atom is -0.508 e. The number of nitrogens with zero attached hydrogens (tertiary/aromatic N) is 1. The van der Waals surface area contributed by atoms with Crippen LogP contribution in [-0.2, 0) is 0 Å². The minimum atomic E-state index is 0.384. The minimum absolute atomic E-state index is 0.384. The zero-order chi connectivity index (χ0) is 13.8. The van der Waals surface area contributed by atoms with Crippen LogP contribution in [0.25, 0.3) is 0 Å². The van der Waals surface area contributed by atoms with E-state index < -0.39 is 0 Å². The van der Waals surface area contributed by atoms with Gasteiger partial charge in [0.1, 0.15) is 5.75 Å². The zero-order valence-electron chi connectivity index (χ0n) is 12.3. The summed E-state index contributed by atoms with van der Waals surface area (Å²) >= 11 is 0. The number of hydrogen-bond acceptors (Lipinski definition) is 3. The van der Waals surface area contributed by atoms with Crippen molar-refractivity contribution in [1.29, 1.82) is 0 Å². The number of aromatic hydroxyl groups is 1. The van der Waals surface area contributed by atoms with Gasteiger partial charge in [-0.05, 0) is 56.5 Å². The Kier molecular flexibility index (Phi) is 4.83. The van der Waals surface area contributed by atoms with Gasteiger partial charge < -0.3 is 10.4 Å². The maximum atomic E-state index is 9.65. The Morgan fingerprint density at radius 3 is 2.84 bits per heavy atom. The van der Waals surface area contributed by atoms with Gasteiger partial charge in [0.05, 0.1) is 0 Å². The predicted octanol–water partition coefficient (Wildman–Crippen LogP) is 2.43. The Morgan fingerprint density at radius 1 is 1.37 bits per heavy atom. The molecule has 3 nitrogen and oxygen atoms in total. The van der Waals surface area contributed by atoms with Crippen molar-refractivity contribution >= 4 is 0 Å². The van der Waals surface area contributed by atoms with Crippen molar-refractivity contribution < 1.29 is 5.11 Å². The van der Waals surface area contributed by atoms with E-state index in [1.165, 1.54) is 12.0 Å². The molecule has 3 atom stereocenters. The second-order valence-electron chi connectivity index (χ2n) is 5.73. The van der Waals surface area contributed by atoms with Crippen molar-refractivity contribution in [2.45, 2.75) is 32.2 Å². The van der Waals surface area contributed by atoms with Crippen molar-refractivity contribution in [3.05, 3.63) is 29.8 Å². The van der Waals surface area contributed by atoms with Gasteiger partial charge in [0.25, 0.3) is 0 Å². The van der Waals surface area contributed by atoms with Crippen LogP contribution in [0.3, 0.4) is 0 Å². The fourth-order valence-electron chi connectivity index (χ4n) is 3.24. The lowest BCUT2D eigenvalue weighted by atomic mass is 9.77. The normalized spacial score (nSPS) is 28.5. The van der Waals surface area contributed by atoms with E-state index in [0.717, 1.165) is 19.6 Å². The number of benzene rings is 1. The second-order valence-corrected chi connectivity index (χ2v) is 5.73. The Balaban J connectivity index is 2.06. The van der Waals surface area contributed by atoms with Crippen LogP contribution in [0.5, 0.6) is 5.75 Å². The number of rotatable bonds is 4. The lowest BCUT2D eigenvalue weighted by molar-refractivity contribution is 0.0975. The average molecular weight is 262 g/mol. The van der Waals surface area contributed by atoms with Crippen LogP contribution in [0.15, 0.2) is 24.3 Å². The lowest BCUT2D eigenvalue weighted by Gasteiger charge is -2.43. The zero-order valence-corrected chi connectivity index (χ0v) is 12.3. The summed E-state index contributed by atoms with van der Waals surface area (Å²) in [5, 5.41) is 12.9. The van der Waals surface area contributed by atoms with Crippen molar-refractivity contribution in [2.24, 2.45) is 5.92 Å². The first kappa shape index (κ1) is 14.4. The molecule has 0 aliphatic carbocycles. The third-order valence-electron chi connectivity index (χ3n) is 4.65. The first-order chi connectivity index (χ1) is 9.13. The molecule has 1 unspecified atom stereocenters. The van der Waals surface area contributed by atoms with E-state index in [4.69, 9.17) is 0 Å². The van der Waals surface area contributed by atoms with Crippen LogP contribution in [-0.4, -0.2) is 42.7 Å². The Labute approximate surface area is 116 Å². The summed E-state index contributed by atoms with van der Waals surface area (Å²) in [6.07, 6.45) is 1.18. The van der Waals surface area contributed by atoms with Gasteiger partial charge in [0.15, 0.2) is 0 Å². The largest absolute Gasteiger partial charge is 0.508 e. The SMILES string of the molecule is CNCCN1CC[C@@H](c2cccc(O)c2)[C@@H](C)C1C. The number of nitrogens with one attached hydrogen (secondary N) is 1. The van der Waals surface area contributed by atoms with Crippen molar-refractivity contribution in [3.8, 4) is 5.75 Å². The number of piperidine rings is 1. The van der Waals surface area contributed by atoms with Gasteiger partial charge in [0.2, 0.25) is 0 Å². The number of likely N-dealkylation sites (tertiary alicyclic amines) is 1. The molecule has 2 rings (SSSR count). The summed E-state index contributed by atoms with van der Waals surface area (Å²) < 4.78 is 0. The highest BCUT2D eigenvalue weighted by Crippen LogP contribution is 2.37. The molecular weight excluding hydrogens is 236 g/mol. The Bertz CT molecular complexity index is 407. The highest BCUT2D eigenvalue weighted by Gasteiger charge is 2.32. The molecule has 0 bridgehead atoms. The number of phenols is 1. The number of hydrogen-bond donors (Lipinski definition) is 2. The van der Waals surface area contributed by atoms with Gasteiger partial charge in [-0.3, -0.25) is 4.90 Å². The number of likely N-dealkylation sites (N-methyl/N-ethyl adjacent to an activating group) is 1. The summed E-state index contributed by atoms with van der Waals surface area (Å²) in [4.78, 5) is 2.57. The van der Waals surface area contributed by atoms with E-state index in [1.807, 2.05) is 19.2 Å². The summed E-state index contributed by atoms with van der Waals surface area (Å²) in [5.74, 6) is 1.57. The molecule has 0 amide bonds. The van der Waals surface area contributed by atoms with E-state index in [0.29, 0.717) is 23.6 Å². The topological polar surface area (TPSA) is 35.5 Å². The fraction of sp³-hybridized carbons (Fsp3) is 0.625. The molecule has 2 N–H and O–H groups in total. The molecule has 0 saturated carbocycles. The van der Waals surface area contributed by atoms with Crippen LogP contribution in [0.4, 0.5) is 0 Å². The van der Waals surface area contributed by atoms with Crippen LogP contribution in [0.1, 0.15) is 31.7 Å². The van der Waals surface area contributed by atoms with Gasteiger partial charge in [-0.2, -0.15) is 0 Å². The predicted molar refractivity (Wildman–Crippen MR) is 79.6 cm³/mol. The molecule has 106 valence electrons. The van der Waals surface area contributed by atoms with Gasteiger partial charge in [0, 0.05) is 19.1 Å². The molecule has 0 radical (unpaired) electrons. The molecule has 0 spiro atoms. The molecule has 1 aliphatic heterocycles. The quantitative estimate of drug-likeness (QED) is 0.875. The van der Waals surface area contributed by atoms with Gasteiger partial charge in [-0.1, -0.05) is 19.1 Å². The van der Waals surface area contributed by atoms with Gasteiger partial charge >= 0.3 is 0 Å². The first-order valence-electron chi connectivity index (χ1n) is 7.31. The third kappa shape index (κ3) is 3.28. The van der Waals surface area contributed by atoms with Crippen LogP contribution < -0.4 is 5.32 Å². The molecule has 1 aromatic rings. The lowest BCUT2D eigenvalue weighted by Crippen LogP contribution is -2.47. The monoisotopic (exact) mass is 262 g/mol. The molecule has 3 heteroatoms. The summed E-state index contributed by atoms with van der Waals surface area (Å²) in [6.45, 7) is 7.98. The summed E-state index contributed by atoms with van der Waals surface area (Å²) in [6, 6.07) is 8.37. The van der Waals surface area contributed by atoms with Crippen LogP contribution >= 0.6 is 0 Å².